The average molecular weight is 247 g/mol. The maximum atomic E-state index is 10.4. The lowest BCUT2D eigenvalue weighted by Crippen LogP contribution is -2.35. The number of carboxylic acids is 1. The monoisotopic (exact) mass is 247 g/mol. The van der Waals surface area contributed by atoms with Crippen LogP contribution in [0.4, 0.5) is 5.95 Å². The third-order valence-corrected chi connectivity index (χ3v) is 3.02. The highest BCUT2D eigenvalue weighted by Gasteiger charge is 2.18. The second-order valence-electron chi connectivity index (χ2n) is 4.68. The molecule has 0 amide bonds. The van der Waals surface area contributed by atoms with Gasteiger partial charge in [-0.1, -0.05) is 6.92 Å². The van der Waals surface area contributed by atoms with Gasteiger partial charge in [-0.25, -0.2) is 14.8 Å². The molecule has 1 atom stereocenters. The summed E-state index contributed by atoms with van der Waals surface area (Å²) in [6, 6.07) is 0. The molecule has 1 fully saturated rings. The molecule has 0 bridgehead atoms. The molecule has 0 saturated carbocycles. The lowest BCUT2D eigenvalue weighted by Gasteiger charge is -2.30. The van der Waals surface area contributed by atoms with Gasteiger partial charge in [-0.05, 0) is 24.8 Å². The molecule has 2 rings (SSSR count). The molecular formula is C13H17N3O2. The summed E-state index contributed by atoms with van der Waals surface area (Å²) in [4.78, 5) is 21.1. The maximum absolute atomic E-state index is 10.4. The van der Waals surface area contributed by atoms with Crippen molar-refractivity contribution in [2.24, 2.45) is 5.92 Å². The van der Waals surface area contributed by atoms with E-state index < -0.39 is 5.97 Å². The van der Waals surface area contributed by atoms with Crippen LogP contribution in [0.1, 0.15) is 25.3 Å². The van der Waals surface area contributed by atoms with Crippen LogP contribution in [0.2, 0.25) is 0 Å². The molecular weight excluding hydrogens is 230 g/mol. The first-order chi connectivity index (χ1) is 8.65. The van der Waals surface area contributed by atoms with Crippen molar-refractivity contribution in [2.75, 3.05) is 18.0 Å². The van der Waals surface area contributed by atoms with Crippen molar-refractivity contribution >= 4 is 18.0 Å². The van der Waals surface area contributed by atoms with E-state index in [2.05, 4.69) is 21.8 Å². The Kier molecular flexibility index (Phi) is 3.92. The number of rotatable bonds is 3. The van der Waals surface area contributed by atoms with Gasteiger partial charge in [0.25, 0.3) is 0 Å². The predicted molar refractivity (Wildman–Crippen MR) is 69.3 cm³/mol. The third-order valence-electron chi connectivity index (χ3n) is 3.02. The Morgan fingerprint density at radius 3 is 2.83 bits per heavy atom. The number of aromatic nitrogens is 2. The smallest absolute Gasteiger partial charge is 0.328 e. The molecule has 96 valence electrons. The normalized spacial score (nSPS) is 20.3. The zero-order valence-electron chi connectivity index (χ0n) is 10.4. The SMILES string of the molecule is C[C@@H]1CCCN(c2ncc(/C=C/C(=O)O)cn2)C1. The Labute approximate surface area is 106 Å². The maximum Gasteiger partial charge on any atom is 0.328 e. The van der Waals surface area contributed by atoms with Crippen LogP contribution < -0.4 is 4.90 Å². The highest BCUT2D eigenvalue weighted by atomic mass is 16.4. The molecule has 5 nitrogen and oxygen atoms in total. The topological polar surface area (TPSA) is 66.3 Å². The van der Waals surface area contributed by atoms with Gasteiger partial charge in [0.1, 0.15) is 0 Å². The Balaban J connectivity index is 2.05. The lowest BCUT2D eigenvalue weighted by atomic mass is 10.0. The highest BCUT2D eigenvalue weighted by Crippen LogP contribution is 2.19. The van der Waals surface area contributed by atoms with Gasteiger partial charge >= 0.3 is 5.97 Å². The zero-order chi connectivity index (χ0) is 13.0. The van der Waals surface area contributed by atoms with Gasteiger partial charge in [0, 0.05) is 37.1 Å². The number of hydrogen-bond acceptors (Lipinski definition) is 4. The van der Waals surface area contributed by atoms with Crippen molar-refractivity contribution in [1.82, 2.24) is 9.97 Å². The number of anilines is 1. The summed E-state index contributed by atoms with van der Waals surface area (Å²) in [7, 11) is 0. The van der Waals surface area contributed by atoms with Gasteiger partial charge in [0.15, 0.2) is 0 Å². The van der Waals surface area contributed by atoms with Gasteiger partial charge in [0.2, 0.25) is 5.95 Å². The minimum absolute atomic E-state index is 0.675. The summed E-state index contributed by atoms with van der Waals surface area (Å²) in [6.45, 7) is 4.22. The fraction of sp³-hybridized carbons (Fsp3) is 0.462. The highest BCUT2D eigenvalue weighted by molar-refractivity contribution is 5.85. The predicted octanol–water partition coefficient (Wildman–Crippen LogP) is 1.81. The number of piperidine rings is 1. The van der Waals surface area contributed by atoms with E-state index in [1.807, 2.05) is 0 Å². The quantitative estimate of drug-likeness (QED) is 0.825. The Morgan fingerprint density at radius 1 is 1.50 bits per heavy atom. The Morgan fingerprint density at radius 2 is 2.22 bits per heavy atom. The summed E-state index contributed by atoms with van der Waals surface area (Å²) in [5.74, 6) is 0.437. The van der Waals surface area contributed by atoms with Crippen molar-refractivity contribution in [3.8, 4) is 0 Å². The van der Waals surface area contributed by atoms with Crippen molar-refractivity contribution in [3.63, 3.8) is 0 Å². The number of nitrogens with zero attached hydrogens (tertiary/aromatic N) is 3. The summed E-state index contributed by atoms with van der Waals surface area (Å²) in [6.07, 6.45) is 8.31. The van der Waals surface area contributed by atoms with Crippen LogP contribution in [-0.4, -0.2) is 34.1 Å². The van der Waals surface area contributed by atoms with Crippen LogP contribution in [0.3, 0.4) is 0 Å². The summed E-state index contributed by atoms with van der Waals surface area (Å²) < 4.78 is 0. The van der Waals surface area contributed by atoms with Crippen LogP contribution in [-0.2, 0) is 4.79 Å². The standard InChI is InChI=1S/C13H17N3O2/c1-10-3-2-6-16(9-10)13-14-7-11(8-15-13)4-5-12(17)18/h4-5,7-8,10H,2-3,6,9H2,1H3,(H,17,18)/b5-4+/t10-/m1/s1. The van der Waals surface area contributed by atoms with E-state index in [0.717, 1.165) is 25.1 Å². The average Bonchev–Trinajstić information content (AvgIpc) is 2.37. The number of hydrogen-bond donors (Lipinski definition) is 1. The lowest BCUT2D eigenvalue weighted by molar-refractivity contribution is -0.131. The van der Waals surface area contributed by atoms with Crippen molar-refractivity contribution in [2.45, 2.75) is 19.8 Å². The van der Waals surface area contributed by atoms with E-state index in [0.29, 0.717) is 11.5 Å². The first-order valence-electron chi connectivity index (χ1n) is 6.13. The molecule has 5 heteroatoms. The molecule has 0 aliphatic carbocycles. The molecule has 18 heavy (non-hydrogen) atoms. The van der Waals surface area contributed by atoms with E-state index in [1.165, 1.54) is 18.9 Å². The molecule has 1 N–H and O–H groups in total. The third kappa shape index (κ3) is 3.29. The van der Waals surface area contributed by atoms with Crippen molar-refractivity contribution in [1.29, 1.82) is 0 Å². The first-order valence-corrected chi connectivity index (χ1v) is 6.13. The Bertz CT molecular complexity index is 442. The number of carbonyl (C=O) groups is 1. The van der Waals surface area contributed by atoms with Gasteiger partial charge in [-0.3, -0.25) is 0 Å². The van der Waals surface area contributed by atoms with Crippen LogP contribution in [0, 0.1) is 5.92 Å². The zero-order valence-corrected chi connectivity index (χ0v) is 10.4. The van der Waals surface area contributed by atoms with Crippen molar-refractivity contribution < 1.29 is 9.90 Å². The number of aliphatic carboxylic acids is 1. The minimum Gasteiger partial charge on any atom is -0.478 e. The Hall–Kier alpha value is -1.91. The van der Waals surface area contributed by atoms with Crippen LogP contribution in [0.25, 0.3) is 6.08 Å². The van der Waals surface area contributed by atoms with E-state index in [1.54, 1.807) is 12.4 Å². The summed E-state index contributed by atoms with van der Waals surface area (Å²) >= 11 is 0. The van der Waals surface area contributed by atoms with Crippen LogP contribution in [0.5, 0.6) is 0 Å². The summed E-state index contributed by atoms with van der Waals surface area (Å²) in [5, 5.41) is 8.53. The van der Waals surface area contributed by atoms with E-state index in [4.69, 9.17) is 5.11 Å². The second kappa shape index (κ2) is 5.62. The molecule has 0 unspecified atom stereocenters. The van der Waals surface area contributed by atoms with E-state index >= 15 is 0 Å². The molecule has 0 radical (unpaired) electrons. The van der Waals surface area contributed by atoms with Crippen LogP contribution in [0.15, 0.2) is 18.5 Å². The largest absolute Gasteiger partial charge is 0.478 e. The van der Waals surface area contributed by atoms with Crippen molar-refractivity contribution in [3.05, 3.63) is 24.0 Å². The molecule has 0 spiro atoms. The van der Waals surface area contributed by atoms with E-state index in [9.17, 15) is 4.79 Å². The van der Waals surface area contributed by atoms with Gasteiger partial charge < -0.3 is 10.0 Å². The second-order valence-corrected chi connectivity index (χ2v) is 4.68. The fourth-order valence-corrected chi connectivity index (χ4v) is 2.12. The molecule has 2 heterocycles. The fourth-order valence-electron chi connectivity index (χ4n) is 2.12. The molecule has 1 saturated heterocycles. The van der Waals surface area contributed by atoms with Crippen LogP contribution >= 0.6 is 0 Å². The molecule has 1 aromatic rings. The minimum atomic E-state index is -0.969. The molecule has 0 aromatic carbocycles. The van der Waals surface area contributed by atoms with Gasteiger partial charge in [0.05, 0.1) is 0 Å². The summed E-state index contributed by atoms with van der Waals surface area (Å²) in [5.41, 5.74) is 0.700. The van der Waals surface area contributed by atoms with Gasteiger partial charge in [-0.2, -0.15) is 0 Å². The first kappa shape index (κ1) is 12.5. The number of carboxylic acid groups (broad SMARTS) is 1. The van der Waals surface area contributed by atoms with E-state index in [-0.39, 0.29) is 0 Å². The molecule has 1 aliphatic rings. The molecule has 1 aliphatic heterocycles. The molecule has 1 aromatic heterocycles. The van der Waals surface area contributed by atoms with Gasteiger partial charge in [-0.15, -0.1) is 0 Å².